The van der Waals surface area contributed by atoms with Gasteiger partial charge in [0.05, 0.1) is 18.6 Å². The SMILES string of the molecule is CCOCCOc1cc(C)ccc1CNC(=NC)NCc1ccccc1-n1ccnc1. The van der Waals surface area contributed by atoms with Gasteiger partial charge in [0, 0.05) is 44.7 Å². The Bertz CT molecular complexity index is 970. The minimum Gasteiger partial charge on any atom is -0.491 e. The molecule has 0 atom stereocenters. The number of aromatic nitrogens is 2. The number of nitrogens with one attached hydrogen (secondary N) is 2. The van der Waals surface area contributed by atoms with E-state index >= 15 is 0 Å². The summed E-state index contributed by atoms with van der Waals surface area (Å²) in [6, 6.07) is 14.5. The molecular weight excluding hydrogens is 390 g/mol. The van der Waals surface area contributed by atoms with Crippen LogP contribution in [0.1, 0.15) is 23.6 Å². The van der Waals surface area contributed by atoms with Crippen LogP contribution < -0.4 is 15.4 Å². The monoisotopic (exact) mass is 421 g/mol. The van der Waals surface area contributed by atoms with Gasteiger partial charge in [0.15, 0.2) is 5.96 Å². The molecule has 7 nitrogen and oxygen atoms in total. The lowest BCUT2D eigenvalue weighted by Crippen LogP contribution is -2.36. The fourth-order valence-electron chi connectivity index (χ4n) is 3.19. The minimum absolute atomic E-state index is 0.530. The first-order valence-corrected chi connectivity index (χ1v) is 10.5. The van der Waals surface area contributed by atoms with Gasteiger partial charge >= 0.3 is 0 Å². The fraction of sp³-hybridized carbons (Fsp3) is 0.333. The van der Waals surface area contributed by atoms with Crippen LogP contribution in [0.15, 0.2) is 66.2 Å². The van der Waals surface area contributed by atoms with Gasteiger partial charge in [-0.3, -0.25) is 4.99 Å². The second-order valence-corrected chi connectivity index (χ2v) is 7.03. The van der Waals surface area contributed by atoms with E-state index in [1.54, 1.807) is 19.6 Å². The first-order chi connectivity index (χ1) is 15.2. The molecular formula is C24H31N5O2. The summed E-state index contributed by atoms with van der Waals surface area (Å²) in [5.41, 5.74) is 4.47. The van der Waals surface area contributed by atoms with Gasteiger partial charge in [-0.2, -0.15) is 0 Å². The summed E-state index contributed by atoms with van der Waals surface area (Å²) in [4.78, 5) is 8.51. The van der Waals surface area contributed by atoms with Crippen molar-refractivity contribution in [3.05, 3.63) is 77.9 Å². The summed E-state index contributed by atoms with van der Waals surface area (Å²) >= 11 is 0. The number of para-hydroxylation sites is 1. The molecule has 0 radical (unpaired) electrons. The van der Waals surface area contributed by atoms with Crippen molar-refractivity contribution in [3.8, 4) is 11.4 Å². The highest BCUT2D eigenvalue weighted by Crippen LogP contribution is 2.20. The molecule has 3 rings (SSSR count). The third-order valence-corrected chi connectivity index (χ3v) is 4.80. The number of aryl methyl sites for hydroxylation is 1. The van der Waals surface area contributed by atoms with Crippen LogP contribution in [0.25, 0.3) is 5.69 Å². The molecule has 0 aliphatic carbocycles. The highest BCUT2D eigenvalue weighted by atomic mass is 16.5. The van der Waals surface area contributed by atoms with Crippen LogP contribution in [0.4, 0.5) is 0 Å². The number of hydrogen-bond donors (Lipinski definition) is 2. The molecule has 0 saturated carbocycles. The zero-order chi connectivity index (χ0) is 21.9. The average Bonchev–Trinajstić information content (AvgIpc) is 3.33. The van der Waals surface area contributed by atoms with Crippen molar-refractivity contribution in [1.82, 2.24) is 20.2 Å². The van der Waals surface area contributed by atoms with E-state index in [-0.39, 0.29) is 0 Å². The first kappa shape index (κ1) is 22.4. The smallest absolute Gasteiger partial charge is 0.191 e. The molecule has 164 valence electrons. The normalized spacial score (nSPS) is 11.4. The van der Waals surface area contributed by atoms with Crippen molar-refractivity contribution in [2.24, 2.45) is 4.99 Å². The van der Waals surface area contributed by atoms with E-state index in [4.69, 9.17) is 9.47 Å². The minimum atomic E-state index is 0.530. The standard InChI is InChI=1S/C24H31N5O2/c1-4-30-13-14-31-23-15-19(2)9-10-21(23)17-28-24(25-3)27-16-20-7-5-6-8-22(20)29-12-11-26-18-29/h5-12,15,18H,4,13-14,16-17H2,1-3H3,(H2,25,27,28). The van der Waals surface area contributed by atoms with Crippen LogP contribution in [0.2, 0.25) is 0 Å². The van der Waals surface area contributed by atoms with Gasteiger partial charge in [0.25, 0.3) is 0 Å². The zero-order valence-electron chi connectivity index (χ0n) is 18.5. The summed E-state index contributed by atoms with van der Waals surface area (Å²) in [7, 11) is 1.77. The number of ether oxygens (including phenoxy) is 2. The molecule has 0 unspecified atom stereocenters. The summed E-state index contributed by atoms with van der Waals surface area (Å²) in [6.07, 6.45) is 5.52. The van der Waals surface area contributed by atoms with Gasteiger partial charge in [-0.1, -0.05) is 30.3 Å². The molecule has 2 aromatic carbocycles. The Morgan fingerprint density at radius 2 is 1.87 bits per heavy atom. The van der Waals surface area contributed by atoms with E-state index < -0.39 is 0 Å². The molecule has 31 heavy (non-hydrogen) atoms. The first-order valence-electron chi connectivity index (χ1n) is 10.5. The second kappa shape index (κ2) is 11.8. The van der Waals surface area contributed by atoms with Crippen molar-refractivity contribution >= 4 is 5.96 Å². The van der Waals surface area contributed by atoms with Crippen LogP contribution in [0.3, 0.4) is 0 Å². The van der Waals surface area contributed by atoms with Crippen LogP contribution in [-0.4, -0.2) is 42.4 Å². The fourth-order valence-corrected chi connectivity index (χ4v) is 3.19. The average molecular weight is 422 g/mol. The van der Waals surface area contributed by atoms with Gasteiger partial charge in [-0.15, -0.1) is 0 Å². The molecule has 0 spiro atoms. The number of aliphatic imine (C=N–C) groups is 1. The Morgan fingerprint density at radius 3 is 2.61 bits per heavy atom. The van der Waals surface area contributed by atoms with Crippen molar-refractivity contribution in [3.63, 3.8) is 0 Å². The summed E-state index contributed by atoms with van der Waals surface area (Å²) in [5.74, 6) is 1.59. The topological polar surface area (TPSA) is 72.7 Å². The van der Waals surface area contributed by atoms with E-state index in [9.17, 15) is 0 Å². The molecule has 3 aromatic rings. The predicted molar refractivity (Wildman–Crippen MR) is 124 cm³/mol. The van der Waals surface area contributed by atoms with Gasteiger partial charge in [-0.25, -0.2) is 4.98 Å². The number of rotatable bonds is 10. The van der Waals surface area contributed by atoms with E-state index in [0.717, 1.165) is 34.1 Å². The maximum atomic E-state index is 5.94. The molecule has 0 amide bonds. The molecule has 0 aliphatic heterocycles. The largest absolute Gasteiger partial charge is 0.491 e. The van der Waals surface area contributed by atoms with Crippen LogP contribution in [0.5, 0.6) is 5.75 Å². The number of imidazole rings is 1. The van der Waals surface area contributed by atoms with Crippen molar-refractivity contribution in [1.29, 1.82) is 0 Å². The highest BCUT2D eigenvalue weighted by molar-refractivity contribution is 5.79. The summed E-state index contributed by atoms with van der Waals surface area (Å²) in [5, 5.41) is 6.77. The van der Waals surface area contributed by atoms with Crippen molar-refractivity contribution in [2.45, 2.75) is 26.9 Å². The van der Waals surface area contributed by atoms with E-state index in [2.05, 4.69) is 57.9 Å². The predicted octanol–water partition coefficient (Wildman–Crippen LogP) is 3.46. The van der Waals surface area contributed by atoms with Gasteiger partial charge in [0.1, 0.15) is 12.4 Å². The lowest BCUT2D eigenvalue weighted by atomic mass is 10.1. The Morgan fingerprint density at radius 1 is 1.06 bits per heavy atom. The molecule has 2 N–H and O–H groups in total. The van der Waals surface area contributed by atoms with Crippen molar-refractivity contribution in [2.75, 3.05) is 26.9 Å². The highest BCUT2D eigenvalue weighted by Gasteiger charge is 2.08. The molecule has 0 saturated heterocycles. The summed E-state index contributed by atoms with van der Waals surface area (Å²) in [6.45, 7) is 7.09. The van der Waals surface area contributed by atoms with Crippen molar-refractivity contribution < 1.29 is 9.47 Å². The molecule has 1 aromatic heterocycles. The molecule has 0 aliphatic rings. The lowest BCUT2D eigenvalue weighted by molar-refractivity contribution is 0.110. The van der Waals surface area contributed by atoms with E-state index in [1.807, 2.05) is 29.8 Å². The van der Waals surface area contributed by atoms with Crippen LogP contribution in [-0.2, 0) is 17.8 Å². The quantitative estimate of drug-likeness (QED) is 0.298. The van der Waals surface area contributed by atoms with Crippen LogP contribution in [0, 0.1) is 6.92 Å². The number of guanidine groups is 1. The Kier molecular flexibility index (Phi) is 8.48. The maximum absolute atomic E-state index is 5.94. The Balaban J connectivity index is 1.60. The third-order valence-electron chi connectivity index (χ3n) is 4.80. The lowest BCUT2D eigenvalue weighted by Gasteiger charge is -2.16. The second-order valence-electron chi connectivity index (χ2n) is 7.03. The maximum Gasteiger partial charge on any atom is 0.191 e. The van der Waals surface area contributed by atoms with E-state index in [1.165, 1.54) is 0 Å². The van der Waals surface area contributed by atoms with Crippen LogP contribution >= 0.6 is 0 Å². The number of nitrogens with zero attached hydrogens (tertiary/aromatic N) is 3. The molecule has 0 bridgehead atoms. The Hall–Kier alpha value is -3.32. The summed E-state index contributed by atoms with van der Waals surface area (Å²) < 4.78 is 13.3. The van der Waals surface area contributed by atoms with Gasteiger partial charge in [0.2, 0.25) is 0 Å². The number of hydrogen-bond acceptors (Lipinski definition) is 4. The Labute approximate surface area is 184 Å². The van der Waals surface area contributed by atoms with Gasteiger partial charge in [-0.05, 0) is 37.1 Å². The zero-order valence-corrected chi connectivity index (χ0v) is 18.5. The van der Waals surface area contributed by atoms with E-state index in [0.29, 0.717) is 32.9 Å². The molecule has 7 heteroatoms. The third kappa shape index (κ3) is 6.58. The molecule has 0 fully saturated rings. The number of benzene rings is 2. The molecule has 1 heterocycles. The van der Waals surface area contributed by atoms with Gasteiger partial charge < -0.3 is 24.7 Å².